The maximum atomic E-state index is 12.4. The summed E-state index contributed by atoms with van der Waals surface area (Å²) in [5.41, 5.74) is -0.598. The van der Waals surface area contributed by atoms with Crippen molar-refractivity contribution < 1.29 is 9.53 Å². The van der Waals surface area contributed by atoms with Gasteiger partial charge in [0.25, 0.3) is 5.91 Å². The molecule has 0 spiro atoms. The van der Waals surface area contributed by atoms with E-state index in [1.807, 2.05) is 0 Å². The summed E-state index contributed by atoms with van der Waals surface area (Å²) in [5.74, 6) is 0.0764. The molecule has 0 aromatic rings. The molecule has 2 rings (SSSR count). The fraction of sp³-hybridized carbons (Fsp3) is 0.941. The van der Waals surface area contributed by atoms with Crippen molar-refractivity contribution in [2.24, 2.45) is 0 Å². The molecule has 0 aromatic heterocycles. The highest BCUT2D eigenvalue weighted by molar-refractivity contribution is 5.85. The summed E-state index contributed by atoms with van der Waals surface area (Å²) in [7, 11) is 1.66. The molecule has 1 amide bonds. The Balaban J connectivity index is 1.54. The lowest BCUT2D eigenvalue weighted by atomic mass is 9.91. The van der Waals surface area contributed by atoms with Crippen LogP contribution in [0.2, 0.25) is 0 Å². The second-order valence-corrected chi connectivity index (χ2v) is 6.67. The maximum absolute atomic E-state index is 12.4. The molecule has 0 aliphatic carbocycles. The number of amides is 1. The van der Waals surface area contributed by atoms with Crippen LogP contribution in [0.3, 0.4) is 0 Å². The van der Waals surface area contributed by atoms with E-state index < -0.39 is 5.60 Å². The number of unbranched alkanes of at least 4 members (excludes halogenated alkanes) is 2. The molecule has 22 heavy (non-hydrogen) atoms. The molecule has 2 N–H and O–H groups in total. The van der Waals surface area contributed by atoms with Crippen molar-refractivity contribution in [2.75, 3.05) is 46.4 Å². The summed E-state index contributed by atoms with van der Waals surface area (Å²) in [6.07, 6.45) is 9.17. The number of hydrogen-bond donors (Lipinski definition) is 2. The second kappa shape index (κ2) is 9.48. The predicted molar refractivity (Wildman–Crippen MR) is 89.0 cm³/mol. The molecule has 128 valence electrons. The molecule has 0 aromatic carbocycles. The first-order chi connectivity index (χ1) is 10.8. The van der Waals surface area contributed by atoms with E-state index in [1.54, 1.807) is 7.11 Å². The average molecular weight is 311 g/mol. The normalized spacial score (nSPS) is 22.4. The van der Waals surface area contributed by atoms with Gasteiger partial charge in [-0.05, 0) is 71.2 Å². The Kier molecular flexibility index (Phi) is 7.63. The Morgan fingerprint density at radius 2 is 1.86 bits per heavy atom. The Hall–Kier alpha value is -0.650. The highest BCUT2D eigenvalue weighted by Gasteiger charge is 2.39. The molecule has 0 unspecified atom stereocenters. The van der Waals surface area contributed by atoms with Crippen LogP contribution in [0.5, 0.6) is 0 Å². The maximum Gasteiger partial charge on any atom is 0.252 e. The molecular weight excluding hydrogens is 278 g/mol. The number of ether oxygens (including phenoxy) is 1. The molecule has 2 aliphatic heterocycles. The van der Waals surface area contributed by atoms with Crippen molar-refractivity contribution in [1.82, 2.24) is 15.5 Å². The third kappa shape index (κ3) is 5.21. The van der Waals surface area contributed by atoms with E-state index in [2.05, 4.69) is 15.5 Å². The van der Waals surface area contributed by atoms with Gasteiger partial charge in [-0.15, -0.1) is 0 Å². The number of rotatable bonds is 8. The third-order valence-electron chi connectivity index (χ3n) is 5.10. The summed E-state index contributed by atoms with van der Waals surface area (Å²) in [6, 6.07) is 0. The molecule has 5 nitrogen and oxygen atoms in total. The van der Waals surface area contributed by atoms with Crippen LogP contribution < -0.4 is 10.6 Å². The molecular formula is C17H33N3O2. The number of hydrogen-bond acceptors (Lipinski definition) is 4. The quantitative estimate of drug-likeness (QED) is 0.668. The zero-order valence-electron chi connectivity index (χ0n) is 14.2. The first-order valence-corrected chi connectivity index (χ1v) is 9.03. The molecule has 2 fully saturated rings. The van der Waals surface area contributed by atoms with Crippen molar-refractivity contribution in [1.29, 1.82) is 0 Å². The van der Waals surface area contributed by atoms with Gasteiger partial charge in [-0.25, -0.2) is 0 Å². The molecule has 5 heteroatoms. The van der Waals surface area contributed by atoms with Crippen LogP contribution in [0.25, 0.3) is 0 Å². The Labute approximate surface area is 135 Å². The van der Waals surface area contributed by atoms with E-state index in [-0.39, 0.29) is 5.91 Å². The first-order valence-electron chi connectivity index (χ1n) is 9.03. The van der Waals surface area contributed by atoms with Gasteiger partial charge in [-0.3, -0.25) is 4.79 Å². The van der Waals surface area contributed by atoms with Crippen LogP contribution in [0.4, 0.5) is 0 Å². The van der Waals surface area contributed by atoms with Gasteiger partial charge in [-0.2, -0.15) is 0 Å². The van der Waals surface area contributed by atoms with Crippen molar-refractivity contribution >= 4 is 5.91 Å². The standard InChI is InChI=1S/C17H33N3O2/c1-22-17(8-11-18-12-9-17)16(21)19-10-4-2-5-13-20-14-6-3-7-15-20/h18H,2-15H2,1H3,(H,19,21). The lowest BCUT2D eigenvalue weighted by Gasteiger charge is -2.34. The van der Waals surface area contributed by atoms with Crippen molar-refractivity contribution in [2.45, 2.75) is 57.0 Å². The minimum atomic E-state index is -0.598. The van der Waals surface area contributed by atoms with Crippen LogP contribution >= 0.6 is 0 Å². The number of likely N-dealkylation sites (tertiary alicyclic amines) is 1. The number of carbonyl (C=O) groups is 1. The van der Waals surface area contributed by atoms with Gasteiger partial charge in [0.1, 0.15) is 5.60 Å². The topological polar surface area (TPSA) is 53.6 Å². The molecule has 0 saturated carbocycles. The Morgan fingerprint density at radius 1 is 1.14 bits per heavy atom. The molecule has 0 radical (unpaired) electrons. The first kappa shape index (κ1) is 17.7. The fourth-order valence-corrected chi connectivity index (χ4v) is 3.54. The predicted octanol–water partition coefficient (Wildman–Crippen LogP) is 1.53. The van der Waals surface area contributed by atoms with Gasteiger partial charge in [0, 0.05) is 13.7 Å². The van der Waals surface area contributed by atoms with E-state index >= 15 is 0 Å². The van der Waals surface area contributed by atoms with Gasteiger partial charge in [0.05, 0.1) is 0 Å². The zero-order valence-corrected chi connectivity index (χ0v) is 14.2. The van der Waals surface area contributed by atoms with Crippen LogP contribution in [0.15, 0.2) is 0 Å². The van der Waals surface area contributed by atoms with Crippen LogP contribution in [0, 0.1) is 0 Å². The largest absolute Gasteiger partial charge is 0.368 e. The minimum absolute atomic E-state index is 0.0764. The van der Waals surface area contributed by atoms with Crippen molar-refractivity contribution in [3.05, 3.63) is 0 Å². The summed E-state index contributed by atoms with van der Waals surface area (Å²) in [5, 5.41) is 6.36. The highest BCUT2D eigenvalue weighted by atomic mass is 16.5. The monoisotopic (exact) mass is 311 g/mol. The summed E-state index contributed by atoms with van der Waals surface area (Å²) in [4.78, 5) is 14.9. The SMILES string of the molecule is COC1(C(=O)NCCCCCN2CCCCC2)CCNCC1. The average Bonchev–Trinajstić information content (AvgIpc) is 2.59. The molecule has 2 heterocycles. The third-order valence-corrected chi connectivity index (χ3v) is 5.10. The number of carbonyl (C=O) groups excluding carboxylic acids is 1. The zero-order chi connectivity index (χ0) is 15.7. The molecule has 2 saturated heterocycles. The smallest absolute Gasteiger partial charge is 0.252 e. The Bertz CT molecular complexity index is 324. The van der Waals surface area contributed by atoms with Gasteiger partial charge in [-0.1, -0.05) is 12.8 Å². The number of piperidine rings is 2. The number of nitrogens with one attached hydrogen (secondary N) is 2. The van der Waals surface area contributed by atoms with Crippen molar-refractivity contribution in [3.63, 3.8) is 0 Å². The van der Waals surface area contributed by atoms with Gasteiger partial charge in [0.2, 0.25) is 0 Å². The van der Waals surface area contributed by atoms with E-state index in [0.717, 1.165) is 38.9 Å². The van der Waals surface area contributed by atoms with Crippen LogP contribution in [-0.2, 0) is 9.53 Å². The van der Waals surface area contributed by atoms with Gasteiger partial charge < -0.3 is 20.3 Å². The van der Waals surface area contributed by atoms with E-state index in [4.69, 9.17) is 4.74 Å². The minimum Gasteiger partial charge on any atom is -0.368 e. The van der Waals surface area contributed by atoms with Crippen LogP contribution in [0.1, 0.15) is 51.4 Å². The fourth-order valence-electron chi connectivity index (χ4n) is 3.54. The summed E-state index contributed by atoms with van der Waals surface area (Å²) in [6.45, 7) is 6.27. The number of methoxy groups -OCH3 is 1. The van der Waals surface area contributed by atoms with E-state index in [9.17, 15) is 4.79 Å². The van der Waals surface area contributed by atoms with E-state index in [1.165, 1.54) is 51.7 Å². The Morgan fingerprint density at radius 3 is 2.55 bits per heavy atom. The molecule has 0 bridgehead atoms. The molecule has 0 atom stereocenters. The summed E-state index contributed by atoms with van der Waals surface area (Å²) >= 11 is 0. The van der Waals surface area contributed by atoms with Crippen LogP contribution in [-0.4, -0.2) is 62.8 Å². The lowest BCUT2D eigenvalue weighted by Crippen LogP contribution is -2.54. The summed E-state index contributed by atoms with van der Waals surface area (Å²) < 4.78 is 5.54. The lowest BCUT2D eigenvalue weighted by molar-refractivity contribution is -0.146. The van der Waals surface area contributed by atoms with Crippen molar-refractivity contribution in [3.8, 4) is 0 Å². The van der Waals surface area contributed by atoms with Gasteiger partial charge >= 0.3 is 0 Å². The highest BCUT2D eigenvalue weighted by Crippen LogP contribution is 2.22. The number of nitrogens with zero attached hydrogens (tertiary/aromatic N) is 1. The molecule has 2 aliphatic rings. The van der Waals surface area contributed by atoms with E-state index in [0.29, 0.717) is 0 Å². The van der Waals surface area contributed by atoms with Gasteiger partial charge in [0.15, 0.2) is 0 Å². The second-order valence-electron chi connectivity index (χ2n) is 6.67.